The largest absolute Gasteiger partial charge is 0.481 e. The van der Waals surface area contributed by atoms with Crippen LogP contribution in [-0.4, -0.2) is 27.7 Å². The molecule has 1 aromatic heterocycles. The summed E-state index contributed by atoms with van der Waals surface area (Å²) in [4.78, 5) is 18.4. The fourth-order valence-corrected chi connectivity index (χ4v) is 2.84. The Morgan fingerprint density at radius 2 is 2.19 bits per heavy atom. The molecule has 0 spiro atoms. The molecule has 3 rings (SSSR count). The normalized spacial score (nSPS) is 11.3. The molecule has 0 unspecified atom stereocenters. The van der Waals surface area contributed by atoms with Gasteiger partial charge in [-0.15, -0.1) is 0 Å². The first-order valence-corrected chi connectivity index (χ1v) is 8.48. The minimum Gasteiger partial charge on any atom is -0.481 e. The molecule has 0 aliphatic carbocycles. The maximum atomic E-state index is 10.8. The molecule has 26 heavy (non-hydrogen) atoms. The molecule has 2 aromatic carbocycles. The number of hydrogen-bond donors (Lipinski definition) is 2. The van der Waals surface area contributed by atoms with Gasteiger partial charge in [-0.25, -0.2) is 9.78 Å². The van der Waals surface area contributed by atoms with Gasteiger partial charge in [0.25, 0.3) is 0 Å². The van der Waals surface area contributed by atoms with E-state index >= 15 is 0 Å². The van der Waals surface area contributed by atoms with Crippen LogP contribution < -0.4 is 4.74 Å². The van der Waals surface area contributed by atoms with Crippen LogP contribution in [0, 0.1) is 18.3 Å². The number of nitrogens with one attached hydrogen (secondary N) is 1. The zero-order valence-electron chi connectivity index (χ0n) is 13.8. The summed E-state index contributed by atoms with van der Waals surface area (Å²) in [6.45, 7) is 1.52. The number of H-pyrrole nitrogens is 1. The van der Waals surface area contributed by atoms with Crippen LogP contribution in [0.25, 0.3) is 22.7 Å². The highest BCUT2D eigenvalue weighted by atomic mass is 79.9. The number of rotatable bonds is 5. The van der Waals surface area contributed by atoms with Crippen LogP contribution in [0.3, 0.4) is 0 Å². The fraction of sp³-hybridized carbons (Fsp3) is 0.105. The summed E-state index contributed by atoms with van der Waals surface area (Å²) in [6, 6.07) is 13.1. The second-order valence-corrected chi connectivity index (χ2v) is 6.56. The van der Waals surface area contributed by atoms with Crippen molar-refractivity contribution in [1.29, 1.82) is 5.26 Å². The molecule has 0 amide bonds. The highest BCUT2D eigenvalue weighted by Crippen LogP contribution is 2.28. The number of aliphatic carboxylic acids is 1. The standard InChI is InChI=1S/C19H14BrN3O3/c1-11-2-4-15-16(6-11)23-19(22-15)13(9-21)7-12-8-14(20)3-5-17(12)26-10-18(24)25/h2-8H,10H2,1H3,(H,22,23)(H,24,25)/b13-7-. The molecular weight excluding hydrogens is 398 g/mol. The van der Waals surface area contributed by atoms with Gasteiger partial charge >= 0.3 is 5.97 Å². The first-order chi connectivity index (χ1) is 12.5. The number of carboxylic acid groups (broad SMARTS) is 1. The van der Waals surface area contributed by atoms with Crippen molar-refractivity contribution in [2.75, 3.05) is 6.61 Å². The Morgan fingerprint density at radius 1 is 1.38 bits per heavy atom. The number of carboxylic acids is 1. The van der Waals surface area contributed by atoms with Crippen molar-refractivity contribution in [2.24, 2.45) is 0 Å². The Kier molecular flexibility index (Phi) is 5.05. The van der Waals surface area contributed by atoms with E-state index in [2.05, 4.69) is 32.0 Å². The highest BCUT2D eigenvalue weighted by Gasteiger charge is 2.11. The topological polar surface area (TPSA) is 99.0 Å². The van der Waals surface area contributed by atoms with Crippen molar-refractivity contribution in [3.05, 3.63) is 57.8 Å². The molecule has 0 saturated carbocycles. The Morgan fingerprint density at radius 3 is 2.92 bits per heavy atom. The number of hydrogen-bond acceptors (Lipinski definition) is 4. The first-order valence-electron chi connectivity index (χ1n) is 7.69. The molecule has 7 heteroatoms. The number of aromatic amines is 1. The molecule has 130 valence electrons. The Bertz CT molecular complexity index is 1060. The van der Waals surface area contributed by atoms with Crippen molar-refractivity contribution in [3.8, 4) is 11.8 Å². The highest BCUT2D eigenvalue weighted by molar-refractivity contribution is 9.10. The van der Waals surface area contributed by atoms with E-state index in [0.29, 0.717) is 22.7 Å². The van der Waals surface area contributed by atoms with Crippen LogP contribution in [0.15, 0.2) is 40.9 Å². The molecule has 6 nitrogen and oxygen atoms in total. The SMILES string of the molecule is Cc1ccc2nc(/C(C#N)=C\c3cc(Br)ccc3OCC(=O)O)[nH]c2c1. The van der Waals surface area contributed by atoms with Gasteiger partial charge in [-0.2, -0.15) is 5.26 Å². The first kappa shape index (κ1) is 17.7. The molecule has 0 saturated heterocycles. The van der Waals surface area contributed by atoms with E-state index in [0.717, 1.165) is 21.1 Å². The summed E-state index contributed by atoms with van der Waals surface area (Å²) in [5.41, 5.74) is 3.60. The Balaban J connectivity index is 2.04. The van der Waals surface area contributed by atoms with E-state index < -0.39 is 12.6 Å². The third kappa shape index (κ3) is 3.92. The van der Waals surface area contributed by atoms with Gasteiger partial charge in [-0.05, 0) is 48.9 Å². The van der Waals surface area contributed by atoms with Crippen molar-refractivity contribution >= 4 is 44.6 Å². The molecule has 0 aliphatic heterocycles. The number of aryl methyl sites for hydroxylation is 1. The van der Waals surface area contributed by atoms with Crippen LogP contribution in [0.2, 0.25) is 0 Å². The van der Waals surface area contributed by atoms with Gasteiger partial charge in [0.1, 0.15) is 17.6 Å². The second-order valence-electron chi connectivity index (χ2n) is 5.64. The van der Waals surface area contributed by atoms with Gasteiger partial charge in [-0.3, -0.25) is 0 Å². The number of nitriles is 1. The number of carbonyl (C=O) groups is 1. The third-order valence-electron chi connectivity index (χ3n) is 3.64. The van der Waals surface area contributed by atoms with Crippen LogP contribution in [0.4, 0.5) is 0 Å². The molecular formula is C19H14BrN3O3. The lowest BCUT2D eigenvalue weighted by molar-refractivity contribution is -0.139. The van der Waals surface area contributed by atoms with E-state index in [1.165, 1.54) is 0 Å². The molecule has 0 aliphatic rings. The van der Waals surface area contributed by atoms with E-state index in [-0.39, 0.29) is 0 Å². The maximum Gasteiger partial charge on any atom is 0.341 e. The summed E-state index contributed by atoms with van der Waals surface area (Å²) < 4.78 is 6.09. The lowest BCUT2D eigenvalue weighted by Crippen LogP contribution is -2.10. The van der Waals surface area contributed by atoms with Crippen LogP contribution in [0.1, 0.15) is 17.0 Å². The smallest absolute Gasteiger partial charge is 0.341 e. The molecule has 0 atom stereocenters. The number of allylic oxidation sites excluding steroid dienone is 1. The Labute approximate surface area is 157 Å². The number of ether oxygens (including phenoxy) is 1. The number of imidazole rings is 1. The third-order valence-corrected chi connectivity index (χ3v) is 4.13. The van der Waals surface area contributed by atoms with Gasteiger partial charge in [0.05, 0.1) is 16.6 Å². The summed E-state index contributed by atoms with van der Waals surface area (Å²) in [5.74, 6) is -0.261. The van der Waals surface area contributed by atoms with Crippen molar-refractivity contribution in [2.45, 2.75) is 6.92 Å². The molecule has 2 N–H and O–H groups in total. The number of nitrogens with zero attached hydrogens (tertiary/aromatic N) is 2. The van der Waals surface area contributed by atoms with Crippen LogP contribution in [-0.2, 0) is 4.79 Å². The number of aromatic nitrogens is 2. The summed E-state index contributed by atoms with van der Waals surface area (Å²) in [7, 11) is 0. The molecule has 1 heterocycles. The van der Waals surface area contributed by atoms with Crippen molar-refractivity contribution in [3.63, 3.8) is 0 Å². The van der Waals surface area contributed by atoms with Gasteiger partial charge in [0.15, 0.2) is 6.61 Å². The molecule has 0 bridgehead atoms. The minimum absolute atomic E-state index is 0.317. The number of halogens is 1. The van der Waals surface area contributed by atoms with E-state index in [1.54, 1.807) is 24.3 Å². The van der Waals surface area contributed by atoms with Gasteiger partial charge in [-0.1, -0.05) is 22.0 Å². The van der Waals surface area contributed by atoms with Gasteiger partial charge < -0.3 is 14.8 Å². The van der Waals surface area contributed by atoms with E-state index in [1.807, 2.05) is 25.1 Å². The number of benzene rings is 2. The average Bonchev–Trinajstić information content (AvgIpc) is 3.01. The average molecular weight is 412 g/mol. The van der Waals surface area contributed by atoms with Crippen molar-refractivity contribution < 1.29 is 14.6 Å². The molecule has 0 radical (unpaired) electrons. The van der Waals surface area contributed by atoms with Gasteiger partial charge in [0.2, 0.25) is 0 Å². The summed E-state index contributed by atoms with van der Waals surface area (Å²) in [6.07, 6.45) is 1.62. The fourth-order valence-electron chi connectivity index (χ4n) is 2.46. The summed E-state index contributed by atoms with van der Waals surface area (Å²) >= 11 is 3.37. The van der Waals surface area contributed by atoms with Crippen LogP contribution in [0.5, 0.6) is 5.75 Å². The second kappa shape index (κ2) is 7.42. The molecule has 0 fully saturated rings. The predicted molar refractivity (Wildman–Crippen MR) is 102 cm³/mol. The zero-order chi connectivity index (χ0) is 18.7. The lowest BCUT2D eigenvalue weighted by Gasteiger charge is -2.08. The predicted octanol–water partition coefficient (Wildman–Crippen LogP) is 4.16. The van der Waals surface area contributed by atoms with Gasteiger partial charge in [0, 0.05) is 10.0 Å². The number of fused-ring (bicyclic) bond motifs is 1. The molecule has 3 aromatic rings. The van der Waals surface area contributed by atoms with Crippen molar-refractivity contribution in [1.82, 2.24) is 9.97 Å². The monoisotopic (exact) mass is 411 g/mol. The quantitative estimate of drug-likeness (QED) is 0.613. The lowest BCUT2D eigenvalue weighted by atomic mass is 10.1. The maximum absolute atomic E-state index is 10.8. The minimum atomic E-state index is -1.07. The van der Waals surface area contributed by atoms with Crippen LogP contribution >= 0.6 is 15.9 Å². The summed E-state index contributed by atoms with van der Waals surface area (Å²) in [5, 5.41) is 18.4. The van der Waals surface area contributed by atoms with E-state index in [9.17, 15) is 10.1 Å². The zero-order valence-corrected chi connectivity index (χ0v) is 15.4. The Hall–Kier alpha value is -3.11. The van der Waals surface area contributed by atoms with E-state index in [4.69, 9.17) is 9.84 Å².